The van der Waals surface area contributed by atoms with E-state index >= 15 is 0 Å². The molecule has 1 amide bonds. The van der Waals surface area contributed by atoms with E-state index in [4.69, 9.17) is 11.6 Å². The molecule has 122 valence electrons. The number of carbonyl (C=O) groups is 1. The van der Waals surface area contributed by atoms with Crippen LogP contribution in [-0.4, -0.2) is 29.4 Å². The lowest BCUT2D eigenvalue weighted by Gasteiger charge is -2.21. The normalized spacial score (nSPS) is 13.4. The van der Waals surface area contributed by atoms with Gasteiger partial charge in [-0.05, 0) is 36.9 Å². The number of aliphatic hydroxyl groups is 1. The quantitative estimate of drug-likeness (QED) is 0.780. The predicted octanol–water partition coefficient (Wildman–Crippen LogP) is 3.78. The first-order valence-corrected chi connectivity index (χ1v) is 8.98. The van der Waals surface area contributed by atoms with Crippen molar-refractivity contribution in [3.8, 4) is 0 Å². The molecule has 3 nitrogen and oxygen atoms in total. The predicted molar refractivity (Wildman–Crippen MR) is 96.3 cm³/mol. The molecule has 2 aromatic carbocycles. The average molecular weight is 350 g/mol. The smallest absolute Gasteiger partial charge is 0.253 e. The summed E-state index contributed by atoms with van der Waals surface area (Å²) in [7, 11) is 0. The first kappa shape index (κ1) is 17.9. The second-order valence-electron chi connectivity index (χ2n) is 5.36. The molecule has 0 aromatic heterocycles. The largest absolute Gasteiger partial charge is 0.391 e. The van der Waals surface area contributed by atoms with Gasteiger partial charge in [0.25, 0.3) is 5.91 Å². The van der Waals surface area contributed by atoms with Gasteiger partial charge in [-0.3, -0.25) is 4.79 Å². The molecule has 2 rings (SSSR count). The number of hydrogen-bond acceptors (Lipinski definition) is 3. The SMILES string of the molecule is CSc1ccc(Cl)c(C(=O)NC(C)C(O)Cc2ccccc2)c1. The monoisotopic (exact) mass is 349 g/mol. The summed E-state index contributed by atoms with van der Waals surface area (Å²) in [6.07, 6.45) is 1.77. The van der Waals surface area contributed by atoms with E-state index in [1.54, 1.807) is 30.8 Å². The number of aliphatic hydroxyl groups excluding tert-OH is 1. The Morgan fingerprint density at radius 1 is 1.26 bits per heavy atom. The third kappa shape index (κ3) is 4.99. The highest BCUT2D eigenvalue weighted by Crippen LogP contribution is 2.23. The van der Waals surface area contributed by atoms with Gasteiger partial charge in [0.2, 0.25) is 0 Å². The van der Waals surface area contributed by atoms with Crippen molar-refractivity contribution in [3.05, 3.63) is 64.7 Å². The van der Waals surface area contributed by atoms with E-state index in [9.17, 15) is 9.90 Å². The Balaban J connectivity index is 2.01. The summed E-state index contributed by atoms with van der Waals surface area (Å²) in [5.74, 6) is -0.273. The highest BCUT2D eigenvalue weighted by atomic mass is 35.5. The van der Waals surface area contributed by atoms with E-state index in [2.05, 4.69) is 5.32 Å². The Hall–Kier alpha value is -1.49. The van der Waals surface area contributed by atoms with E-state index in [1.165, 1.54) is 0 Å². The number of hydrogen-bond donors (Lipinski definition) is 2. The summed E-state index contributed by atoms with van der Waals surface area (Å²) in [5.41, 5.74) is 1.46. The summed E-state index contributed by atoms with van der Waals surface area (Å²) in [5, 5.41) is 13.5. The number of benzene rings is 2. The van der Waals surface area contributed by atoms with E-state index < -0.39 is 6.10 Å². The number of halogens is 1. The first-order chi connectivity index (χ1) is 11.0. The summed E-state index contributed by atoms with van der Waals surface area (Å²) < 4.78 is 0. The van der Waals surface area contributed by atoms with E-state index in [-0.39, 0.29) is 11.9 Å². The van der Waals surface area contributed by atoms with Crippen molar-refractivity contribution in [2.24, 2.45) is 0 Å². The zero-order valence-electron chi connectivity index (χ0n) is 13.1. The van der Waals surface area contributed by atoms with Crippen molar-refractivity contribution >= 4 is 29.3 Å². The molecule has 0 fully saturated rings. The summed E-state index contributed by atoms with van der Waals surface area (Å²) in [6, 6.07) is 14.7. The molecule has 5 heteroatoms. The highest BCUT2D eigenvalue weighted by molar-refractivity contribution is 7.98. The van der Waals surface area contributed by atoms with Crippen LogP contribution < -0.4 is 5.32 Å². The van der Waals surface area contributed by atoms with Crippen LogP contribution in [0.5, 0.6) is 0 Å². The van der Waals surface area contributed by atoms with Crippen LogP contribution in [0.1, 0.15) is 22.8 Å². The molecular weight excluding hydrogens is 330 g/mol. The molecule has 23 heavy (non-hydrogen) atoms. The van der Waals surface area contributed by atoms with Crippen LogP contribution in [-0.2, 0) is 6.42 Å². The van der Waals surface area contributed by atoms with Crippen molar-refractivity contribution in [2.75, 3.05) is 6.26 Å². The molecule has 0 spiro atoms. The first-order valence-electron chi connectivity index (χ1n) is 7.37. The van der Waals surface area contributed by atoms with Gasteiger partial charge in [-0.2, -0.15) is 0 Å². The zero-order chi connectivity index (χ0) is 16.8. The van der Waals surface area contributed by atoms with Crippen LogP contribution in [0.3, 0.4) is 0 Å². The summed E-state index contributed by atoms with van der Waals surface area (Å²) in [4.78, 5) is 13.4. The van der Waals surface area contributed by atoms with Crippen molar-refractivity contribution in [1.29, 1.82) is 0 Å². The van der Waals surface area contributed by atoms with Crippen LogP contribution in [0.2, 0.25) is 5.02 Å². The molecule has 2 atom stereocenters. The Labute approximate surface area is 146 Å². The fourth-order valence-electron chi connectivity index (χ4n) is 2.22. The third-order valence-electron chi connectivity index (χ3n) is 3.64. The molecule has 2 N–H and O–H groups in total. The lowest BCUT2D eigenvalue weighted by atomic mass is 10.0. The second-order valence-corrected chi connectivity index (χ2v) is 6.65. The standard InChI is InChI=1S/C18H20ClNO2S/c1-12(17(21)10-13-6-4-3-5-7-13)20-18(22)15-11-14(23-2)8-9-16(15)19/h3-9,11-12,17,21H,10H2,1-2H3,(H,20,22). The maximum atomic E-state index is 12.4. The van der Waals surface area contributed by atoms with Crippen LogP contribution in [0.15, 0.2) is 53.4 Å². The maximum Gasteiger partial charge on any atom is 0.253 e. The Kier molecular flexibility index (Phi) is 6.51. The van der Waals surface area contributed by atoms with E-state index in [0.29, 0.717) is 17.0 Å². The van der Waals surface area contributed by atoms with Gasteiger partial charge >= 0.3 is 0 Å². The van der Waals surface area contributed by atoms with Crippen molar-refractivity contribution in [3.63, 3.8) is 0 Å². The van der Waals surface area contributed by atoms with Crippen LogP contribution in [0, 0.1) is 0 Å². The van der Waals surface area contributed by atoms with Gasteiger partial charge in [0.15, 0.2) is 0 Å². The molecule has 0 aliphatic carbocycles. The molecule has 2 unspecified atom stereocenters. The van der Waals surface area contributed by atoms with Gasteiger partial charge in [0.1, 0.15) is 0 Å². The fourth-order valence-corrected chi connectivity index (χ4v) is 2.86. The molecule has 2 aromatic rings. The van der Waals surface area contributed by atoms with Crippen molar-refractivity contribution in [2.45, 2.75) is 30.4 Å². The Bertz CT molecular complexity index is 663. The number of carbonyl (C=O) groups excluding carboxylic acids is 1. The average Bonchev–Trinajstić information content (AvgIpc) is 2.56. The summed E-state index contributed by atoms with van der Waals surface area (Å²) >= 11 is 7.66. The van der Waals surface area contributed by atoms with Gasteiger partial charge in [0.05, 0.1) is 22.7 Å². The second kappa shape index (κ2) is 8.39. The molecule has 0 saturated carbocycles. The molecule has 0 bridgehead atoms. The van der Waals surface area contributed by atoms with Gasteiger partial charge in [0, 0.05) is 11.3 Å². The molecule has 0 saturated heterocycles. The van der Waals surface area contributed by atoms with Crippen LogP contribution >= 0.6 is 23.4 Å². The van der Waals surface area contributed by atoms with Crippen molar-refractivity contribution in [1.82, 2.24) is 5.32 Å². The van der Waals surface area contributed by atoms with Gasteiger partial charge in [-0.25, -0.2) is 0 Å². The summed E-state index contributed by atoms with van der Waals surface area (Å²) in [6.45, 7) is 1.79. The number of thioether (sulfide) groups is 1. The lowest BCUT2D eigenvalue weighted by molar-refractivity contribution is 0.0851. The van der Waals surface area contributed by atoms with Gasteiger partial charge in [-0.1, -0.05) is 41.9 Å². The number of rotatable bonds is 6. The van der Waals surface area contributed by atoms with E-state index in [0.717, 1.165) is 10.5 Å². The van der Waals surface area contributed by atoms with Gasteiger partial charge < -0.3 is 10.4 Å². The maximum absolute atomic E-state index is 12.4. The lowest BCUT2D eigenvalue weighted by Crippen LogP contribution is -2.42. The van der Waals surface area contributed by atoms with Crippen molar-refractivity contribution < 1.29 is 9.90 Å². The minimum atomic E-state index is -0.663. The third-order valence-corrected chi connectivity index (χ3v) is 4.70. The fraction of sp³-hybridized carbons (Fsp3) is 0.278. The van der Waals surface area contributed by atoms with Gasteiger partial charge in [-0.15, -0.1) is 11.8 Å². The molecular formula is C18H20ClNO2S. The Morgan fingerprint density at radius 3 is 2.61 bits per heavy atom. The van der Waals surface area contributed by atoms with E-state index in [1.807, 2.05) is 42.7 Å². The zero-order valence-corrected chi connectivity index (χ0v) is 14.7. The van der Waals surface area contributed by atoms with Crippen LogP contribution in [0.25, 0.3) is 0 Å². The minimum absolute atomic E-state index is 0.273. The number of nitrogens with one attached hydrogen (secondary N) is 1. The Morgan fingerprint density at radius 2 is 1.96 bits per heavy atom. The number of amides is 1. The molecule has 0 aliphatic rings. The minimum Gasteiger partial charge on any atom is -0.391 e. The van der Waals surface area contributed by atoms with Crippen LogP contribution in [0.4, 0.5) is 0 Å². The highest BCUT2D eigenvalue weighted by Gasteiger charge is 2.19. The molecule has 0 radical (unpaired) electrons. The molecule has 0 heterocycles. The topological polar surface area (TPSA) is 49.3 Å². The molecule has 0 aliphatic heterocycles.